The summed E-state index contributed by atoms with van der Waals surface area (Å²) >= 11 is 0. The molecule has 190 valence electrons. The highest BCUT2D eigenvalue weighted by molar-refractivity contribution is 5.81. The highest BCUT2D eigenvalue weighted by atomic mass is 19.1. The van der Waals surface area contributed by atoms with Gasteiger partial charge in [-0.05, 0) is 35.9 Å². The van der Waals surface area contributed by atoms with Crippen LogP contribution in [0.3, 0.4) is 0 Å². The Hall–Kier alpha value is -5.13. The first-order valence-corrected chi connectivity index (χ1v) is 11.8. The molecule has 1 unspecified atom stereocenters. The number of ether oxygens (including phenoxy) is 1. The predicted molar refractivity (Wildman–Crippen MR) is 138 cm³/mol. The van der Waals surface area contributed by atoms with Crippen LogP contribution in [0.1, 0.15) is 17.2 Å². The Balaban J connectivity index is 1.39. The van der Waals surface area contributed by atoms with Crippen LogP contribution >= 0.6 is 0 Å². The maximum atomic E-state index is 14.7. The number of hydrogen-bond donors (Lipinski definition) is 1. The molecule has 0 bridgehead atoms. The first-order chi connectivity index (χ1) is 18.5. The zero-order valence-corrected chi connectivity index (χ0v) is 20.8. The van der Waals surface area contributed by atoms with Crippen LogP contribution in [0.25, 0.3) is 22.3 Å². The Kier molecular flexibility index (Phi) is 5.75. The van der Waals surface area contributed by atoms with Crippen LogP contribution in [0, 0.1) is 5.82 Å². The molecule has 0 amide bonds. The number of fused-ring (bicyclic) bond motifs is 1. The number of benzene rings is 2. The fraction of sp³-hybridized carbons (Fsp3) is 0.154. The monoisotopic (exact) mass is 510 g/mol. The zero-order chi connectivity index (χ0) is 26.2. The summed E-state index contributed by atoms with van der Waals surface area (Å²) in [5, 5.41) is 20.5. The minimum Gasteiger partial charge on any atom is -0.494 e. The number of halogens is 1. The Morgan fingerprint density at radius 1 is 0.974 bits per heavy atom. The molecule has 0 saturated carbocycles. The van der Waals surface area contributed by atoms with E-state index in [-0.39, 0.29) is 5.75 Å². The largest absolute Gasteiger partial charge is 0.494 e. The molecule has 1 atom stereocenters. The van der Waals surface area contributed by atoms with Gasteiger partial charge >= 0.3 is 0 Å². The van der Waals surface area contributed by atoms with Gasteiger partial charge in [-0.25, -0.2) is 19.0 Å². The number of nitrogens with one attached hydrogen (secondary N) is 1. The number of rotatable bonds is 7. The number of anilines is 2. The lowest BCUT2D eigenvalue weighted by Crippen LogP contribution is -2.14. The average molecular weight is 511 g/mol. The molecule has 0 spiro atoms. The molecule has 6 aromatic rings. The Bertz CT molecular complexity index is 1750. The first-order valence-electron chi connectivity index (χ1n) is 11.8. The van der Waals surface area contributed by atoms with Crippen LogP contribution in [-0.2, 0) is 14.1 Å². The lowest BCUT2D eigenvalue weighted by molar-refractivity contribution is 0.385. The van der Waals surface area contributed by atoms with Crippen molar-refractivity contribution in [1.82, 2.24) is 44.5 Å². The summed E-state index contributed by atoms with van der Waals surface area (Å²) in [6.07, 6.45) is 7.01. The van der Waals surface area contributed by atoms with Crippen LogP contribution in [0.2, 0.25) is 0 Å². The third kappa shape index (κ3) is 4.21. The number of aromatic nitrogens is 9. The normalized spacial score (nSPS) is 12.1. The minimum atomic E-state index is -0.454. The number of hydrogen-bond acceptors (Lipinski definition) is 8. The predicted octanol–water partition coefficient (Wildman–Crippen LogP) is 3.88. The third-order valence-corrected chi connectivity index (χ3v) is 6.26. The standard InChI is InChI=1S/C26H23FN10O/c1-35-15-18(14-30-35)25(17-5-7-23(38-3)19(27)12-17)37-22-6-4-16(13-21(22)33-34-37)20-8-10-28-26(31-20)32-24-9-11-29-36(24)2/h4-15,25H,1-3H3,(H,28,31,32). The van der Waals surface area contributed by atoms with Gasteiger partial charge in [0.2, 0.25) is 5.95 Å². The van der Waals surface area contributed by atoms with Gasteiger partial charge in [-0.15, -0.1) is 5.10 Å². The molecule has 38 heavy (non-hydrogen) atoms. The van der Waals surface area contributed by atoms with Gasteiger partial charge in [-0.1, -0.05) is 17.3 Å². The first kappa shape index (κ1) is 23.3. The topological polar surface area (TPSA) is 113 Å². The Morgan fingerprint density at radius 2 is 1.87 bits per heavy atom. The van der Waals surface area contributed by atoms with Crippen molar-refractivity contribution in [3.63, 3.8) is 0 Å². The number of aryl methyl sites for hydroxylation is 2. The molecule has 1 N–H and O–H groups in total. The van der Waals surface area contributed by atoms with Crippen molar-refractivity contribution in [2.45, 2.75) is 6.04 Å². The Morgan fingerprint density at radius 3 is 2.61 bits per heavy atom. The summed E-state index contributed by atoms with van der Waals surface area (Å²) in [5.74, 6) is 0.948. The van der Waals surface area contributed by atoms with Gasteiger partial charge in [0.05, 0.1) is 30.7 Å². The highest BCUT2D eigenvalue weighted by Gasteiger charge is 2.23. The van der Waals surface area contributed by atoms with Gasteiger partial charge in [0, 0.05) is 43.7 Å². The van der Waals surface area contributed by atoms with E-state index in [1.807, 2.05) is 56.7 Å². The maximum absolute atomic E-state index is 14.7. The van der Waals surface area contributed by atoms with Crippen molar-refractivity contribution in [1.29, 1.82) is 0 Å². The van der Waals surface area contributed by atoms with Crippen LogP contribution in [0.5, 0.6) is 5.75 Å². The maximum Gasteiger partial charge on any atom is 0.228 e. The molecule has 0 aliphatic carbocycles. The molecular weight excluding hydrogens is 487 g/mol. The second-order valence-electron chi connectivity index (χ2n) is 8.71. The second kappa shape index (κ2) is 9.39. The van der Waals surface area contributed by atoms with E-state index < -0.39 is 11.9 Å². The van der Waals surface area contributed by atoms with Crippen molar-refractivity contribution in [2.75, 3.05) is 12.4 Å². The fourth-order valence-corrected chi connectivity index (χ4v) is 4.39. The fourth-order valence-electron chi connectivity index (χ4n) is 4.39. The van der Waals surface area contributed by atoms with Crippen LogP contribution in [-0.4, -0.2) is 51.6 Å². The number of nitrogens with zero attached hydrogens (tertiary/aromatic N) is 9. The zero-order valence-electron chi connectivity index (χ0n) is 20.8. The minimum absolute atomic E-state index is 0.175. The summed E-state index contributed by atoms with van der Waals surface area (Å²) in [6.45, 7) is 0. The summed E-state index contributed by atoms with van der Waals surface area (Å²) in [7, 11) is 5.11. The van der Waals surface area contributed by atoms with E-state index in [0.717, 1.165) is 28.2 Å². The summed E-state index contributed by atoms with van der Waals surface area (Å²) < 4.78 is 25.0. The van der Waals surface area contributed by atoms with Gasteiger partial charge in [0.25, 0.3) is 0 Å². The second-order valence-corrected chi connectivity index (χ2v) is 8.71. The summed E-state index contributed by atoms with van der Waals surface area (Å²) in [4.78, 5) is 8.96. The van der Waals surface area contributed by atoms with Crippen molar-refractivity contribution in [3.8, 4) is 17.0 Å². The molecule has 4 heterocycles. The third-order valence-electron chi connectivity index (χ3n) is 6.26. The molecular formula is C26H23FN10O. The molecule has 0 saturated heterocycles. The van der Waals surface area contributed by atoms with E-state index in [2.05, 4.69) is 35.8 Å². The van der Waals surface area contributed by atoms with Crippen molar-refractivity contribution in [2.24, 2.45) is 14.1 Å². The van der Waals surface area contributed by atoms with Crippen molar-refractivity contribution < 1.29 is 9.13 Å². The molecule has 11 nitrogen and oxygen atoms in total. The molecule has 0 aliphatic heterocycles. The molecule has 0 aliphatic rings. The van der Waals surface area contributed by atoms with E-state index >= 15 is 0 Å². The highest BCUT2D eigenvalue weighted by Crippen LogP contribution is 2.32. The van der Waals surface area contributed by atoms with Gasteiger partial charge in [0.1, 0.15) is 17.4 Å². The van der Waals surface area contributed by atoms with E-state index in [1.54, 1.807) is 38.7 Å². The van der Waals surface area contributed by atoms with Crippen LogP contribution < -0.4 is 10.1 Å². The molecule has 6 rings (SSSR count). The van der Waals surface area contributed by atoms with Gasteiger partial charge < -0.3 is 10.1 Å². The lowest BCUT2D eigenvalue weighted by Gasteiger charge is -2.18. The van der Waals surface area contributed by atoms with Crippen LogP contribution in [0.4, 0.5) is 16.2 Å². The molecule has 12 heteroatoms. The molecule has 0 fully saturated rings. The van der Waals surface area contributed by atoms with Crippen molar-refractivity contribution in [3.05, 3.63) is 90.3 Å². The quantitative estimate of drug-likeness (QED) is 0.344. The van der Waals surface area contributed by atoms with E-state index in [0.29, 0.717) is 17.0 Å². The van der Waals surface area contributed by atoms with Gasteiger partial charge in [-0.3, -0.25) is 9.36 Å². The SMILES string of the molecule is COc1ccc(C(c2cnn(C)c2)n2nnc3cc(-c4ccnc(Nc5ccnn5C)n4)ccc32)cc1F. The lowest BCUT2D eigenvalue weighted by atomic mass is 10.0. The van der Waals surface area contributed by atoms with Crippen molar-refractivity contribution >= 4 is 22.8 Å². The average Bonchev–Trinajstić information content (AvgIpc) is 3.65. The van der Waals surface area contributed by atoms with E-state index in [9.17, 15) is 4.39 Å². The summed E-state index contributed by atoms with van der Waals surface area (Å²) in [5.41, 5.74) is 4.56. The smallest absolute Gasteiger partial charge is 0.228 e. The number of methoxy groups -OCH3 is 1. The Labute approximate surface area is 216 Å². The van der Waals surface area contributed by atoms with E-state index in [1.165, 1.54) is 13.2 Å². The van der Waals surface area contributed by atoms with Crippen LogP contribution in [0.15, 0.2) is 73.3 Å². The molecule has 2 aromatic carbocycles. The van der Waals surface area contributed by atoms with Gasteiger partial charge in [0.15, 0.2) is 11.6 Å². The molecule has 4 aromatic heterocycles. The van der Waals surface area contributed by atoms with E-state index in [4.69, 9.17) is 4.74 Å². The molecule has 0 radical (unpaired) electrons. The van der Waals surface area contributed by atoms with Gasteiger partial charge in [-0.2, -0.15) is 10.2 Å². The summed E-state index contributed by atoms with van der Waals surface area (Å²) in [6, 6.07) is 13.9.